The summed E-state index contributed by atoms with van der Waals surface area (Å²) in [6.07, 6.45) is 3.53. The summed E-state index contributed by atoms with van der Waals surface area (Å²) < 4.78 is 0. The van der Waals surface area contributed by atoms with Crippen LogP contribution in [-0.4, -0.2) is 16.8 Å². The van der Waals surface area contributed by atoms with Gasteiger partial charge in [-0.3, -0.25) is 15.0 Å². The van der Waals surface area contributed by atoms with Gasteiger partial charge in [0.2, 0.25) is 0 Å². The van der Waals surface area contributed by atoms with Crippen molar-refractivity contribution in [3.05, 3.63) is 41.6 Å². The number of hydrogen-bond acceptors (Lipinski definition) is 4. The van der Waals surface area contributed by atoms with E-state index in [2.05, 4.69) is 24.7 Å². The van der Waals surface area contributed by atoms with E-state index >= 15 is 0 Å². The van der Waals surface area contributed by atoms with Crippen LogP contribution >= 0.6 is 0 Å². The van der Waals surface area contributed by atoms with Crippen molar-refractivity contribution in [2.75, 3.05) is 0 Å². The summed E-state index contributed by atoms with van der Waals surface area (Å²) in [6.45, 7) is 6.32. The van der Waals surface area contributed by atoms with Crippen molar-refractivity contribution < 1.29 is 14.7 Å². The molecule has 3 N–H and O–H groups in total. The maximum atomic E-state index is 12.6. The van der Waals surface area contributed by atoms with Crippen LogP contribution < -0.4 is 10.9 Å². The van der Waals surface area contributed by atoms with Gasteiger partial charge >= 0.3 is 0 Å². The Bertz CT molecular complexity index is 708. The monoisotopic (exact) mass is 314 g/mol. The number of hydrazine groups is 1. The number of phenolic OH excluding ortho intramolecular Hbond substituents is 1. The van der Waals surface area contributed by atoms with Crippen LogP contribution in [-0.2, 0) is 4.79 Å². The molecule has 5 nitrogen and oxygen atoms in total. The van der Waals surface area contributed by atoms with Crippen molar-refractivity contribution in [3.63, 3.8) is 0 Å². The molecule has 3 rings (SSSR count). The average molecular weight is 314 g/mol. The lowest BCUT2D eigenvalue weighted by Crippen LogP contribution is -2.35. The zero-order valence-corrected chi connectivity index (χ0v) is 13.6. The SMILES string of the molecule is CC1(C)[C@@H]2CC[C@]1(C)C(=O)/C2=C\NNC(=O)c1ccccc1O. The third-order valence-electron chi connectivity index (χ3n) is 5.93. The van der Waals surface area contributed by atoms with Crippen molar-refractivity contribution in [1.82, 2.24) is 10.9 Å². The molecule has 2 saturated carbocycles. The molecule has 5 heteroatoms. The smallest absolute Gasteiger partial charge is 0.273 e. The first kappa shape index (κ1) is 15.6. The fourth-order valence-electron chi connectivity index (χ4n) is 4.01. The largest absolute Gasteiger partial charge is 0.507 e. The molecule has 1 aromatic rings. The van der Waals surface area contributed by atoms with Crippen LogP contribution in [0, 0.1) is 16.7 Å². The summed E-state index contributed by atoms with van der Waals surface area (Å²) in [6, 6.07) is 6.32. The van der Waals surface area contributed by atoms with Crippen LogP contribution in [0.3, 0.4) is 0 Å². The van der Waals surface area contributed by atoms with Crippen molar-refractivity contribution in [1.29, 1.82) is 0 Å². The van der Waals surface area contributed by atoms with Gasteiger partial charge in [0.05, 0.1) is 5.56 Å². The topological polar surface area (TPSA) is 78.4 Å². The molecule has 0 aromatic heterocycles. The fourth-order valence-corrected chi connectivity index (χ4v) is 4.01. The van der Waals surface area contributed by atoms with Gasteiger partial charge in [-0.1, -0.05) is 32.9 Å². The van der Waals surface area contributed by atoms with Crippen molar-refractivity contribution in [3.8, 4) is 5.75 Å². The highest BCUT2D eigenvalue weighted by Crippen LogP contribution is 2.65. The van der Waals surface area contributed by atoms with Crippen molar-refractivity contribution in [2.45, 2.75) is 33.6 Å². The van der Waals surface area contributed by atoms with Crippen LogP contribution in [0.5, 0.6) is 5.75 Å². The number of amides is 1. The van der Waals surface area contributed by atoms with E-state index in [0.29, 0.717) is 0 Å². The van der Waals surface area contributed by atoms with Crippen LogP contribution in [0.4, 0.5) is 0 Å². The number of fused-ring (bicyclic) bond motifs is 2. The average Bonchev–Trinajstić information content (AvgIpc) is 2.81. The molecule has 1 amide bonds. The number of carbonyl (C=O) groups is 2. The molecule has 122 valence electrons. The van der Waals surface area contributed by atoms with Crippen LogP contribution in [0.1, 0.15) is 44.0 Å². The molecular formula is C18H22N2O3. The van der Waals surface area contributed by atoms with E-state index in [1.807, 2.05) is 6.92 Å². The summed E-state index contributed by atoms with van der Waals surface area (Å²) in [5.41, 5.74) is 5.81. The number of allylic oxidation sites excluding steroid dienone is 1. The van der Waals surface area contributed by atoms with Gasteiger partial charge < -0.3 is 10.5 Å². The molecule has 0 heterocycles. The molecule has 0 unspecified atom stereocenters. The number of benzene rings is 1. The Balaban J connectivity index is 1.72. The zero-order valence-electron chi connectivity index (χ0n) is 13.6. The minimum absolute atomic E-state index is 0.0562. The lowest BCUT2D eigenvalue weighted by atomic mass is 9.70. The maximum Gasteiger partial charge on any atom is 0.273 e. The van der Waals surface area contributed by atoms with E-state index in [0.717, 1.165) is 18.4 Å². The third kappa shape index (κ3) is 2.14. The Labute approximate surface area is 135 Å². The lowest BCUT2D eigenvalue weighted by molar-refractivity contribution is -0.125. The van der Waals surface area contributed by atoms with Crippen LogP contribution in [0.15, 0.2) is 36.0 Å². The fraction of sp³-hybridized carbons (Fsp3) is 0.444. The molecule has 2 atom stereocenters. The second-order valence-corrected chi connectivity index (χ2v) is 7.19. The Hall–Kier alpha value is -2.30. The Morgan fingerprint density at radius 1 is 1.30 bits per heavy atom. The molecule has 0 saturated heterocycles. The highest BCUT2D eigenvalue weighted by Gasteiger charge is 2.63. The molecule has 23 heavy (non-hydrogen) atoms. The number of phenols is 1. The first-order valence-electron chi connectivity index (χ1n) is 7.88. The third-order valence-corrected chi connectivity index (χ3v) is 5.93. The normalized spacial score (nSPS) is 29.8. The van der Waals surface area contributed by atoms with E-state index in [9.17, 15) is 14.7 Å². The second-order valence-electron chi connectivity index (χ2n) is 7.19. The first-order valence-corrected chi connectivity index (χ1v) is 7.88. The number of ketones is 1. The minimum atomic E-state index is -0.443. The number of Topliss-reactive ketones (excluding diaryl/α,β-unsaturated/α-hetero) is 1. The summed E-state index contributed by atoms with van der Waals surface area (Å²) in [4.78, 5) is 24.7. The van der Waals surface area contributed by atoms with Gasteiger partial charge in [0.25, 0.3) is 5.91 Å². The number of hydrogen-bond donors (Lipinski definition) is 3. The van der Waals surface area contributed by atoms with Gasteiger partial charge in [0.15, 0.2) is 5.78 Å². The number of carbonyl (C=O) groups excluding carboxylic acids is 2. The predicted octanol–water partition coefficient (Wildman–Crippen LogP) is 2.54. The molecule has 2 fully saturated rings. The molecule has 0 spiro atoms. The van der Waals surface area contributed by atoms with Gasteiger partial charge in [0.1, 0.15) is 5.75 Å². The van der Waals surface area contributed by atoms with Gasteiger partial charge in [-0.15, -0.1) is 0 Å². The molecule has 0 aliphatic heterocycles. The summed E-state index contributed by atoms with van der Waals surface area (Å²) in [5, 5.41) is 9.66. The Kier molecular flexibility index (Phi) is 3.47. The lowest BCUT2D eigenvalue weighted by Gasteiger charge is -2.31. The Morgan fingerprint density at radius 2 is 2.00 bits per heavy atom. The number of nitrogens with one attached hydrogen (secondary N) is 2. The highest BCUT2D eigenvalue weighted by atomic mass is 16.3. The first-order chi connectivity index (χ1) is 10.8. The molecule has 2 bridgehead atoms. The summed E-state index contributed by atoms with van der Waals surface area (Å²) in [5.74, 6) is -0.136. The van der Waals surface area contributed by atoms with Crippen LogP contribution in [0.25, 0.3) is 0 Å². The number of rotatable bonds is 3. The molecular weight excluding hydrogens is 292 g/mol. The van der Waals surface area contributed by atoms with Gasteiger partial charge in [-0.05, 0) is 36.3 Å². The predicted molar refractivity (Wildman–Crippen MR) is 86.4 cm³/mol. The standard InChI is InChI=1S/C18H22N2O3/c1-17(2)13-8-9-18(17,3)15(22)12(13)10-19-20-16(23)11-6-4-5-7-14(11)21/h4-7,10,13,19,21H,8-9H2,1-3H3,(H,20,23)/b12-10-/t13-,18-/m1/s1. The molecule has 2 aliphatic rings. The highest BCUT2D eigenvalue weighted by molar-refractivity contribution is 6.04. The quantitative estimate of drug-likeness (QED) is 0.592. The second kappa shape index (κ2) is 5.11. The van der Waals surface area contributed by atoms with E-state index in [4.69, 9.17) is 0 Å². The van der Waals surface area contributed by atoms with Crippen molar-refractivity contribution >= 4 is 11.7 Å². The molecule has 1 aromatic carbocycles. The summed E-state index contributed by atoms with van der Waals surface area (Å²) >= 11 is 0. The van der Waals surface area contributed by atoms with Crippen molar-refractivity contribution in [2.24, 2.45) is 16.7 Å². The Morgan fingerprint density at radius 3 is 2.61 bits per heavy atom. The summed E-state index contributed by atoms with van der Waals surface area (Å²) in [7, 11) is 0. The van der Waals surface area contributed by atoms with Gasteiger partial charge in [0, 0.05) is 17.2 Å². The van der Waals surface area contributed by atoms with E-state index in [-0.39, 0.29) is 33.8 Å². The molecule has 2 aliphatic carbocycles. The van der Waals surface area contributed by atoms with E-state index in [1.165, 1.54) is 12.1 Å². The number of aromatic hydroxyl groups is 1. The zero-order chi connectivity index (χ0) is 16.8. The van der Waals surface area contributed by atoms with E-state index in [1.54, 1.807) is 18.3 Å². The van der Waals surface area contributed by atoms with Gasteiger partial charge in [-0.25, -0.2) is 0 Å². The maximum absolute atomic E-state index is 12.6. The van der Waals surface area contributed by atoms with Crippen LogP contribution in [0.2, 0.25) is 0 Å². The number of para-hydroxylation sites is 1. The van der Waals surface area contributed by atoms with E-state index < -0.39 is 5.91 Å². The minimum Gasteiger partial charge on any atom is -0.507 e. The molecule has 0 radical (unpaired) electrons. The van der Waals surface area contributed by atoms with Gasteiger partial charge in [-0.2, -0.15) is 0 Å².